The van der Waals surface area contributed by atoms with Crippen molar-refractivity contribution in [2.24, 2.45) is 0 Å². The van der Waals surface area contributed by atoms with Crippen LogP contribution in [0.4, 0.5) is 0 Å². The number of benzene rings is 2. The van der Waals surface area contributed by atoms with Crippen molar-refractivity contribution in [3.05, 3.63) is 70.2 Å². The minimum absolute atomic E-state index is 0.0589. The molecule has 0 aliphatic carbocycles. The molecule has 1 atom stereocenters. The van der Waals surface area contributed by atoms with Gasteiger partial charge in [0, 0.05) is 18.0 Å². The first-order valence-electron chi connectivity index (χ1n) is 7.97. The maximum Gasteiger partial charge on any atom is 0.261 e. The lowest BCUT2D eigenvalue weighted by atomic mass is 10.1. The molecule has 1 heterocycles. The zero-order valence-corrected chi connectivity index (χ0v) is 14.4. The van der Waals surface area contributed by atoms with Crippen molar-refractivity contribution in [1.29, 1.82) is 0 Å². The summed E-state index contributed by atoms with van der Waals surface area (Å²) in [6.45, 7) is 1.93. The van der Waals surface area contributed by atoms with Crippen molar-refractivity contribution in [2.45, 2.75) is 19.4 Å². The van der Waals surface area contributed by atoms with Gasteiger partial charge in [-0.05, 0) is 36.8 Å². The van der Waals surface area contributed by atoms with Gasteiger partial charge in [0.15, 0.2) is 0 Å². The van der Waals surface area contributed by atoms with Crippen LogP contribution in [0.2, 0.25) is 5.02 Å². The lowest BCUT2D eigenvalue weighted by Crippen LogP contribution is -2.35. The number of halogens is 1. The largest absolute Gasteiger partial charge is 0.350 e. The van der Waals surface area contributed by atoms with Gasteiger partial charge in [0.1, 0.15) is 0 Å². The lowest BCUT2D eigenvalue weighted by Gasteiger charge is -2.17. The predicted molar refractivity (Wildman–Crippen MR) is 94.4 cm³/mol. The Kier molecular flexibility index (Phi) is 4.86. The molecule has 6 heteroatoms. The molecule has 2 aromatic rings. The first-order chi connectivity index (χ1) is 12.0. The molecule has 2 aromatic carbocycles. The normalized spacial score (nSPS) is 14.4. The van der Waals surface area contributed by atoms with Crippen molar-refractivity contribution < 1.29 is 14.4 Å². The molecule has 128 valence electrons. The number of carbonyl (C=O) groups excluding carboxylic acids is 3. The van der Waals surface area contributed by atoms with Crippen LogP contribution in [0.1, 0.15) is 45.7 Å². The van der Waals surface area contributed by atoms with Gasteiger partial charge in [0.25, 0.3) is 11.8 Å². The van der Waals surface area contributed by atoms with E-state index in [1.807, 2.05) is 19.1 Å². The molecule has 1 N–H and O–H groups in total. The summed E-state index contributed by atoms with van der Waals surface area (Å²) in [5, 5.41) is 3.49. The van der Waals surface area contributed by atoms with Crippen molar-refractivity contribution >= 4 is 29.3 Å². The Morgan fingerprint density at radius 3 is 2.16 bits per heavy atom. The van der Waals surface area contributed by atoms with Crippen LogP contribution in [-0.2, 0) is 4.79 Å². The third-order valence-corrected chi connectivity index (χ3v) is 4.44. The molecular formula is C19H17ClN2O3. The fraction of sp³-hybridized carbons (Fsp3) is 0.211. The van der Waals surface area contributed by atoms with E-state index in [1.54, 1.807) is 36.4 Å². The summed E-state index contributed by atoms with van der Waals surface area (Å²) in [4.78, 5) is 37.8. The van der Waals surface area contributed by atoms with Gasteiger partial charge in [-0.1, -0.05) is 35.9 Å². The molecule has 0 aromatic heterocycles. The van der Waals surface area contributed by atoms with Crippen LogP contribution in [0.3, 0.4) is 0 Å². The molecular weight excluding hydrogens is 340 g/mol. The van der Waals surface area contributed by atoms with Crippen LogP contribution in [0, 0.1) is 0 Å². The molecule has 3 amide bonds. The number of nitrogens with zero attached hydrogens (tertiary/aromatic N) is 1. The number of hydrogen-bond acceptors (Lipinski definition) is 3. The second-order valence-electron chi connectivity index (χ2n) is 5.90. The Hall–Kier alpha value is -2.66. The Balaban J connectivity index is 1.57. The third-order valence-electron chi connectivity index (χ3n) is 4.19. The maximum atomic E-state index is 12.3. The second kappa shape index (κ2) is 7.07. The van der Waals surface area contributed by atoms with Crippen molar-refractivity contribution in [1.82, 2.24) is 10.2 Å². The molecule has 0 bridgehead atoms. The van der Waals surface area contributed by atoms with E-state index in [4.69, 9.17) is 11.6 Å². The molecule has 3 rings (SSSR count). The van der Waals surface area contributed by atoms with Crippen LogP contribution < -0.4 is 5.32 Å². The van der Waals surface area contributed by atoms with E-state index in [0.29, 0.717) is 16.1 Å². The Labute approximate surface area is 150 Å². The van der Waals surface area contributed by atoms with Crippen LogP contribution in [0.25, 0.3) is 0 Å². The van der Waals surface area contributed by atoms with Crippen LogP contribution in [0.15, 0.2) is 48.5 Å². The van der Waals surface area contributed by atoms with E-state index < -0.39 is 0 Å². The fourth-order valence-electron chi connectivity index (χ4n) is 2.80. The number of fused-ring (bicyclic) bond motifs is 1. The number of rotatable bonds is 5. The van der Waals surface area contributed by atoms with Crippen LogP contribution in [0.5, 0.6) is 0 Å². The molecule has 0 radical (unpaired) electrons. The molecule has 1 aliphatic rings. The molecule has 0 saturated carbocycles. The SMILES string of the molecule is C[C@H](NC(=O)CCN1C(=O)c2ccccc2C1=O)c1ccc(Cl)cc1. The van der Waals surface area contributed by atoms with Crippen LogP contribution in [-0.4, -0.2) is 29.2 Å². The average Bonchev–Trinajstić information content (AvgIpc) is 2.85. The summed E-state index contributed by atoms with van der Waals surface area (Å²) in [7, 11) is 0. The van der Waals surface area contributed by atoms with E-state index >= 15 is 0 Å². The van der Waals surface area contributed by atoms with Crippen molar-refractivity contribution in [3.8, 4) is 0 Å². The highest BCUT2D eigenvalue weighted by Crippen LogP contribution is 2.22. The highest BCUT2D eigenvalue weighted by atomic mass is 35.5. The number of hydrogen-bond donors (Lipinski definition) is 1. The average molecular weight is 357 g/mol. The standard InChI is InChI=1S/C19H17ClN2O3/c1-12(13-6-8-14(20)9-7-13)21-17(23)10-11-22-18(24)15-4-2-3-5-16(15)19(22)25/h2-9,12H,10-11H2,1H3,(H,21,23)/t12-/m0/s1. The van der Waals surface area contributed by atoms with E-state index in [2.05, 4.69) is 5.32 Å². The van der Waals surface area contributed by atoms with Gasteiger partial charge in [0.05, 0.1) is 17.2 Å². The zero-order valence-electron chi connectivity index (χ0n) is 13.7. The summed E-state index contributed by atoms with van der Waals surface area (Å²) < 4.78 is 0. The summed E-state index contributed by atoms with van der Waals surface area (Å²) in [5.74, 6) is -0.919. The second-order valence-corrected chi connectivity index (χ2v) is 6.33. The Morgan fingerprint density at radius 2 is 1.60 bits per heavy atom. The minimum atomic E-state index is -0.348. The quantitative estimate of drug-likeness (QED) is 0.836. The first-order valence-corrected chi connectivity index (χ1v) is 8.35. The molecule has 0 saturated heterocycles. The molecule has 0 spiro atoms. The Morgan fingerprint density at radius 1 is 1.04 bits per heavy atom. The summed E-state index contributed by atoms with van der Waals surface area (Å²) in [6, 6.07) is 13.7. The van der Waals surface area contributed by atoms with Gasteiger partial charge in [-0.2, -0.15) is 0 Å². The van der Waals surface area contributed by atoms with Crippen LogP contribution >= 0.6 is 11.6 Å². The van der Waals surface area contributed by atoms with Gasteiger partial charge in [-0.15, -0.1) is 0 Å². The lowest BCUT2D eigenvalue weighted by molar-refractivity contribution is -0.121. The Bertz CT molecular complexity index is 798. The maximum absolute atomic E-state index is 12.3. The molecule has 1 aliphatic heterocycles. The number of nitrogens with one attached hydrogen (secondary N) is 1. The number of imide groups is 1. The zero-order chi connectivity index (χ0) is 18.0. The van der Waals surface area contributed by atoms with Gasteiger partial charge in [-0.25, -0.2) is 0 Å². The molecule has 0 unspecified atom stereocenters. The highest BCUT2D eigenvalue weighted by molar-refractivity contribution is 6.30. The van der Waals surface area contributed by atoms with E-state index in [-0.39, 0.29) is 36.7 Å². The van der Waals surface area contributed by atoms with E-state index in [1.165, 1.54) is 0 Å². The third kappa shape index (κ3) is 3.56. The first kappa shape index (κ1) is 17.2. The summed E-state index contributed by atoms with van der Waals surface area (Å²) in [5.41, 5.74) is 1.71. The predicted octanol–water partition coefficient (Wildman–Crippen LogP) is 3.20. The van der Waals surface area contributed by atoms with E-state index in [0.717, 1.165) is 10.5 Å². The topological polar surface area (TPSA) is 66.5 Å². The molecule has 0 fully saturated rings. The minimum Gasteiger partial charge on any atom is -0.350 e. The van der Waals surface area contributed by atoms with Gasteiger partial charge in [0.2, 0.25) is 5.91 Å². The number of carbonyl (C=O) groups is 3. The number of amides is 3. The van der Waals surface area contributed by atoms with Crippen molar-refractivity contribution in [3.63, 3.8) is 0 Å². The fourth-order valence-corrected chi connectivity index (χ4v) is 2.93. The smallest absolute Gasteiger partial charge is 0.261 e. The summed E-state index contributed by atoms with van der Waals surface area (Å²) in [6.07, 6.45) is 0.0589. The van der Waals surface area contributed by atoms with Gasteiger partial charge >= 0.3 is 0 Å². The van der Waals surface area contributed by atoms with Crippen molar-refractivity contribution in [2.75, 3.05) is 6.54 Å². The van der Waals surface area contributed by atoms with Gasteiger partial charge < -0.3 is 5.32 Å². The van der Waals surface area contributed by atoms with Gasteiger partial charge in [-0.3, -0.25) is 19.3 Å². The highest BCUT2D eigenvalue weighted by Gasteiger charge is 2.34. The molecule has 25 heavy (non-hydrogen) atoms. The summed E-state index contributed by atoms with van der Waals surface area (Å²) >= 11 is 5.85. The van der Waals surface area contributed by atoms with E-state index in [9.17, 15) is 14.4 Å². The molecule has 5 nitrogen and oxygen atoms in total. The monoisotopic (exact) mass is 356 g/mol.